The van der Waals surface area contributed by atoms with E-state index in [0.29, 0.717) is 6.54 Å². The van der Waals surface area contributed by atoms with Gasteiger partial charge in [0.1, 0.15) is 5.69 Å². The molecule has 6 heteroatoms. The summed E-state index contributed by atoms with van der Waals surface area (Å²) in [7, 11) is 0. The summed E-state index contributed by atoms with van der Waals surface area (Å²) in [6.45, 7) is 6.50. The molecule has 2 aromatic rings. The molecule has 0 spiro atoms. The lowest BCUT2D eigenvalue weighted by atomic mass is 10.00. The summed E-state index contributed by atoms with van der Waals surface area (Å²) in [4.78, 5) is 21.9. The number of benzene rings is 1. The molecule has 25 heavy (non-hydrogen) atoms. The maximum absolute atomic E-state index is 11.9. The van der Waals surface area contributed by atoms with Gasteiger partial charge in [-0.3, -0.25) is 14.7 Å². The standard InChI is InChI=1S/C17H20N4O2.C2H6/c22-15(9-20-17(23)16-10-18-6-7-19-16)12-21-8-5-13-3-1-2-4-14(13)11-21;1-2/h1-4,6-7,10,15,22H,5,8-9,11-12H2,(H,20,23);1-2H3/t15-;/m0./s1. The molecule has 1 amide bonds. The lowest BCUT2D eigenvalue weighted by Gasteiger charge is -2.30. The monoisotopic (exact) mass is 342 g/mol. The van der Waals surface area contributed by atoms with Gasteiger partial charge in [0.2, 0.25) is 0 Å². The Kier molecular flexibility index (Phi) is 7.50. The Balaban J connectivity index is 0.00000109. The number of aliphatic hydroxyl groups excluding tert-OH is 1. The summed E-state index contributed by atoms with van der Waals surface area (Å²) >= 11 is 0. The van der Waals surface area contributed by atoms with Gasteiger partial charge in [-0.1, -0.05) is 38.1 Å². The van der Waals surface area contributed by atoms with E-state index < -0.39 is 6.10 Å². The third-order valence-corrected chi connectivity index (χ3v) is 3.97. The summed E-state index contributed by atoms with van der Waals surface area (Å²) in [5, 5.41) is 12.8. The molecule has 3 rings (SSSR count). The fourth-order valence-corrected chi connectivity index (χ4v) is 2.79. The third-order valence-electron chi connectivity index (χ3n) is 3.97. The van der Waals surface area contributed by atoms with Crippen molar-refractivity contribution in [2.45, 2.75) is 32.9 Å². The molecular weight excluding hydrogens is 316 g/mol. The van der Waals surface area contributed by atoms with Crippen LogP contribution in [0.5, 0.6) is 0 Å². The number of amides is 1. The highest BCUT2D eigenvalue weighted by Gasteiger charge is 2.19. The zero-order chi connectivity index (χ0) is 18.1. The normalized spacial score (nSPS) is 14.7. The van der Waals surface area contributed by atoms with Crippen LogP contribution in [0.2, 0.25) is 0 Å². The Labute approximate surface area is 148 Å². The van der Waals surface area contributed by atoms with Crippen LogP contribution in [-0.2, 0) is 13.0 Å². The second-order valence-corrected chi connectivity index (χ2v) is 5.71. The number of hydrogen-bond acceptors (Lipinski definition) is 5. The largest absolute Gasteiger partial charge is 0.390 e. The van der Waals surface area contributed by atoms with Crippen molar-refractivity contribution < 1.29 is 9.90 Å². The molecule has 0 radical (unpaired) electrons. The Morgan fingerprint density at radius 3 is 2.76 bits per heavy atom. The van der Waals surface area contributed by atoms with E-state index in [2.05, 4.69) is 38.4 Å². The molecule has 1 aromatic carbocycles. The zero-order valence-electron chi connectivity index (χ0n) is 14.9. The molecule has 0 saturated carbocycles. The Morgan fingerprint density at radius 2 is 2.04 bits per heavy atom. The smallest absolute Gasteiger partial charge is 0.271 e. The second kappa shape index (κ2) is 9.86. The summed E-state index contributed by atoms with van der Waals surface area (Å²) in [5.74, 6) is -0.318. The van der Waals surface area contributed by atoms with Crippen LogP contribution in [0.25, 0.3) is 0 Å². The Bertz CT molecular complexity index is 663. The number of nitrogens with one attached hydrogen (secondary N) is 1. The molecule has 0 fully saturated rings. The molecule has 1 aliphatic heterocycles. The van der Waals surface area contributed by atoms with Crippen molar-refractivity contribution >= 4 is 5.91 Å². The van der Waals surface area contributed by atoms with Gasteiger partial charge in [0.25, 0.3) is 5.91 Å². The topological polar surface area (TPSA) is 78.4 Å². The quantitative estimate of drug-likeness (QED) is 0.864. The molecule has 1 aliphatic rings. The number of hydrogen-bond donors (Lipinski definition) is 2. The molecule has 6 nitrogen and oxygen atoms in total. The number of β-amino-alcohol motifs (C(OH)–C–C–N with tert-alkyl or cyclic N) is 1. The lowest BCUT2D eigenvalue weighted by molar-refractivity contribution is 0.0837. The first-order chi connectivity index (χ1) is 12.2. The third kappa shape index (κ3) is 5.62. The van der Waals surface area contributed by atoms with E-state index in [1.54, 1.807) is 0 Å². The van der Waals surface area contributed by atoms with E-state index in [4.69, 9.17) is 0 Å². The van der Waals surface area contributed by atoms with Gasteiger partial charge in [0.05, 0.1) is 12.3 Å². The summed E-state index contributed by atoms with van der Waals surface area (Å²) < 4.78 is 0. The van der Waals surface area contributed by atoms with Crippen LogP contribution >= 0.6 is 0 Å². The molecule has 0 aliphatic carbocycles. The lowest BCUT2D eigenvalue weighted by Crippen LogP contribution is -2.42. The Hall–Kier alpha value is -2.31. The van der Waals surface area contributed by atoms with E-state index >= 15 is 0 Å². The van der Waals surface area contributed by atoms with Crippen LogP contribution in [-0.4, -0.2) is 51.6 Å². The van der Waals surface area contributed by atoms with Crippen molar-refractivity contribution in [3.63, 3.8) is 0 Å². The van der Waals surface area contributed by atoms with Gasteiger partial charge < -0.3 is 10.4 Å². The number of rotatable bonds is 5. The minimum atomic E-state index is -0.610. The molecule has 134 valence electrons. The van der Waals surface area contributed by atoms with E-state index in [-0.39, 0.29) is 18.1 Å². The second-order valence-electron chi connectivity index (χ2n) is 5.71. The highest BCUT2D eigenvalue weighted by atomic mass is 16.3. The van der Waals surface area contributed by atoms with E-state index in [9.17, 15) is 9.90 Å². The number of nitrogens with zero attached hydrogens (tertiary/aromatic N) is 3. The molecule has 2 N–H and O–H groups in total. The highest BCUT2D eigenvalue weighted by molar-refractivity contribution is 5.91. The Morgan fingerprint density at radius 1 is 1.28 bits per heavy atom. The summed E-state index contributed by atoms with van der Waals surface area (Å²) in [6, 6.07) is 8.39. The van der Waals surface area contributed by atoms with Crippen LogP contribution in [0.3, 0.4) is 0 Å². The highest BCUT2D eigenvalue weighted by Crippen LogP contribution is 2.18. The molecular formula is C19H26N4O2. The van der Waals surface area contributed by atoms with Gasteiger partial charge in [-0.2, -0.15) is 0 Å². The fraction of sp³-hybridized carbons (Fsp3) is 0.421. The van der Waals surface area contributed by atoms with Gasteiger partial charge in [0.15, 0.2) is 0 Å². The molecule has 0 saturated heterocycles. The number of aromatic nitrogens is 2. The molecule has 0 unspecified atom stereocenters. The molecule has 1 aromatic heterocycles. The maximum atomic E-state index is 11.9. The average molecular weight is 342 g/mol. The average Bonchev–Trinajstić information content (AvgIpc) is 2.68. The van der Waals surface area contributed by atoms with Crippen molar-refractivity contribution in [3.05, 3.63) is 59.7 Å². The van der Waals surface area contributed by atoms with Crippen LogP contribution in [0, 0.1) is 0 Å². The van der Waals surface area contributed by atoms with Gasteiger partial charge in [-0.25, -0.2) is 4.98 Å². The summed E-state index contributed by atoms with van der Waals surface area (Å²) in [5.41, 5.74) is 2.95. The fourth-order valence-electron chi connectivity index (χ4n) is 2.79. The van der Waals surface area contributed by atoms with Gasteiger partial charge in [-0.15, -0.1) is 0 Å². The minimum Gasteiger partial charge on any atom is -0.390 e. The molecule has 0 bridgehead atoms. The van der Waals surface area contributed by atoms with Crippen molar-refractivity contribution in [1.82, 2.24) is 20.2 Å². The van der Waals surface area contributed by atoms with Crippen LogP contribution in [0.15, 0.2) is 42.9 Å². The number of aliphatic hydroxyl groups is 1. The number of fused-ring (bicyclic) bond motifs is 1. The first-order valence-electron chi connectivity index (χ1n) is 8.74. The van der Waals surface area contributed by atoms with Crippen LogP contribution in [0.4, 0.5) is 0 Å². The van der Waals surface area contributed by atoms with Crippen molar-refractivity contribution in [3.8, 4) is 0 Å². The predicted octanol–water partition coefficient (Wildman–Crippen LogP) is 1.65. The van der Waals surface area contributed by atoms with Crippen LogP contribution < -0.4 is 5.32 Å². The first-order valence-corrected chi connectivity index (χ1v) is 8.74. The predicted molar refractivity (Wildman–Crippen MR) is 97.1 cm³/mol. The molecule has 2 heterocycles. The van der Waals surface area contributed by atoms with Gasteiger partial charge in [-0.05, 0) is 17.5 Å². The number of carbonyl (C=O) groups is 1. The van der Waals surface area contributed by atoms with Crippen LogP contribution in [0.1, 0.15) is 35.5 Å². The summed E-state index contributed by atoms with van der Waals surface area (Å²) in [6.07, 6.45) is 4.77. The number of carbonyl (C=O) groups excluding carboxylic acids is 1. The maximum Gasteiger partial charge on any atom is 0.271 e. The molecule has 1 atom stereocenters. The van der Waals surface area contributed by atoms with E-state index in [1.807, 2.05) is 19.9 Å². The SMILES string of the molecule is CC.O=C(NC[C@H](O)CN1CCc2ccccc2C1)c1cnccn1. The van der Waals surface area contributed by atoms with Gasteiger partial charge in [0, 0.05) is 38.6 Å². The minimum absolute atomic E-state index is 0.202. The van der Waals surface area contributed by atoms with E-state index in [0.717, 1.165) is 19.5 Å². The van der Waals surface area contributed by atoms with Crippen molar-refractivity contribution in [1.29, 1.82) is 0 Å². The van der Waals surface area contributed by atoms with Crippen molar-refractivity contribution in [2.24, 2.45) is 0 Å². The van der Waals surface area contributed by atoms with E-state index in [1.165, 1.54) is 29.7 Å². The first kappa shape index (κ1) is 19.0. The zero-order valence-corrected chi connectivity index (χ0v) is 14.9. The van der Waals surface area contributed by atoms with Crippen molar-refractivity contribution in [2.75, 3.05) is 19.6 Å². The van der Waals surface area contributed by atoms with Gasteiger partial charge >= 0.3 is 0 Å².